The standard InChI is InChI=1S/C45H53F2N9/c1-29-8-6-7-9-42-39(23-48-52(42)5)41-17-34(16-30(2)49-41)32(4)50-44-51-40-11-10-37(21-43(40)55(44)24-29)56-28-45(22-31(56)3)12-14-53(15-13-45)25-33-26-54(27-33)38-19-35(46)18-36(47)20-38/h10-11,16-21,23,29,33H,3-4,6-9,12-15,22,24-28H2,1-2,5H3,(H,50,51)/t29-/m1/s1. The highest BCUT2D eigenvalue weighted by Gasteiger charge is 2.43. The van der Waals surface area contributed by atoms with Crippen LogP contribution in [-0.2, 0) is 20.0 Å². The van der Waals surface area contributed by atoms with Crippen LogP contribution in [0.1, 0.15) is 62.4 Å². The Morgan fingerprint density at radius 3 is 2.50 bits per heavy atom. The summed E-state index contributed by atoms with van der Waals surface area (Å²) >= 11 is 0. The van der Waals surface area contributed by atoms with Crippen molar-refractivity contribution in [2.45, 2.75) is 65.3 Å². The lowest BCUT2D eigenvalue weighted by Gasteiger charge is -2.46. The molecule has 56 heavy (non-hydrogen) atoms. The highest BCUT2D eigenvalue weighted by atomic mass is 19.1. The number of nitrogens with one attached hydrogen (secondary N) is 1. The molecule has 0 unspecified atom stereocenters. The van der Waals surface area contributed by atoms with Crippen molar-refractivity contribution in [1.29, 1.82) is 0 Å². The topological polar surface area (TPSA) is 70.3 Å². The highest BCUT2D eigenvalue weighted by Crippen LogP contribution is 2.47. The van der Waals surface area contributed by atoms with Crippen LogP contribution in [-0.4, -0.2) is 68.5 Å². The number of allylic oxidation sites excluding steroid dienone is 1. The summed E-state index contributed by atoms with van der Waals surface area (Å²) in [5, 5.41) is 8.24. The van der Waals surface area contributed by atoms with Crippen molar-refractivity contribution in [2.75, 3.05) is 54.4 Å². The minimum atomic E-state index is -0.516. The van der Waals surface area contributed by atoms with Gasteiger partial charge in [-0.15, -0.1) is 0 Å². The van der Waals surface area contributed by atoms with Crippen LogP contribution in [0, 0.1) is 35.8 Å². The molecule has 0 amide bonds. The number of halogens is 2. The zero-order valence-corrected chi connectivity index (χ0v) is 33.0. The molecule has 11 heteroatoms. The molecule has 0 aliphatic carbocycles. The average molecular weight is 758 g/mol. The number of hydrogen-bond donors (Lipinski definition) is 1. The van der Waals surface area contributed by atoms with Crippen LogP contribution in [0.5, 0.6) is 0 Å². The monoisotopic (exact) mass is 757 g/mol. The van der Waals surface area contributed by atoms with E-state index in [1.54, 1.807) is 0 Å². The molecule has 1 spiro atoms. The van der Waals surface area contributed by atoms with Crippen molar-refractivity contribution < 1.29 is 8.78 Å². The van der Waals surface area contributed by atoms with Crippen LogP contribution in [0.3, 0.4) is 0 Å². The zero-order valence-electron chi connectivity index (χ0n) is 33.0. The zero-order chi connectivity index (χ0) is 38.7. The maximum atomic E-state index is 13.8. The van der Waals surface area contributed by atoms with E-state index in [4.69, 9.17) is 9.97 Å². The van der Waals surface area contributed by atoms with Crippen molar-refractivity contribution in [3.05, 3.63) is 102 Å². The van der Waals surface area contributed by atoms with Crippen LogP contribution in [0.2, 0.25) is 0 Å². The fraction of sp³-hybridized carbons (Fsp3) is 0.444. The third-order valence-corrected chi connectivity index (χ3v) is 12.9. The lowest BCUT2D eigenvalue weighted by atomic mass is 9.77. The normalized spacial score (nSPS) is 20.8. The number of fused-ring (bicyclic) bond motifs is 7. The summed E-state index contributed by atoms with van der Waals surface area (Å²) in [4.78, 5) is 17.2. The fourth-order valence-corrected chi connectivity index (χ4v) is 9.74. The van der Waals surface area contributed by atoms with Crippen LogP contribution < -0.4 is 15.1 Å². The molecule has 9 rings (SSSR count). The summed E-state index contributed by atoms with van der Waals surface area (Å²) in [7, 11) is 2.03. The van der Waals surface area contributed by atoms with Gasteiger partial charge < -0.3 is 24.6 Å². The molecule has 3 saturated heterocycles. The molecule has 7 heterocycles. The number of imidazole rings is 1. The van der Waals surface area contributed by atoms with E-state index in [2.05, 4.69) is 80.1 Å². The maximum absolute atomic E-state index is 13.8. The smallest absolute Gasteiger partial charge is 0.208 e. The Morgan fingerprint density at radius 2 is 1.71 bits per heavy atom. The Kier molecular flexibility index (Phi) is 9.46. The predicted molar refractivity (Wildman–Crippen MR) is 222 cm³/mol. The molecule has 4 aliphatic rings. The molecule has 1 N–H and O–H groups in total. The summed E-state index contributed by atoms with van der Waals surface area (Å²) in [6.45, 7) is 20.2. The number of pyridine rings is 1. The van der Waals surface area contributed by atoms with E-state index in [1.165, 1.54) is 29.2 Å². The second kappa shape index (κ2) is 14.5. The second-order valence-electron chi connectivity index (χ2n) is 17.2. The van der Waals surface area contributed by atoms with Crippen molar-refractivity contribution in [1.82, 2.24) is 29.2 Å². The van der Waals surface area contributed by atoms with Gasteiger partial charge in [0.15, 0.2) is 0 Å². The lowest BCUT2D eigenvalue weighted by molar-refractivity contribution is 0.102. The van der Waals surface area contributed by atoms with Crippen molar-refractivity contribution in [3.8, 4) is 11.3 Å². The largest absolute Gasteiger partial charge is 0.371 e. The first-order valence-corrected chi connectivity index (χ1v) is 20.3. The van der Waals surface area contributed by atoms with Crippen molar-refractivity contribution >= 4 is 34.1 Å². The third kappa shape index (κ3) is 7.10. The number of piperidine rings is 1. The summed E-state index contributed by atoms with van der Waals surface area (Å²) in [6.07, 6.45) is 9.54. The summed E-state index contributed by atoms with van der Waals surface area (Å²) in [6, 6.07) is 14.7. The van der Waals surface area contributed by atoms with Crippen LogP contribution >= 0.6 is 0 Å². The Balaban J connectivity index is 0.909. The molecule has 5 aromatic rings. The van der Waals surface area contributed by atoms with Gasteiger partial charge in [-0.05, 0) is 112 Å². The van der Waals surface area contributed by atoms with E-state index in [-0.39, 0.29) is 5.41 Å². The van der Waals surface area contributed by atoms with Crippen LogP contribution in [0.15, 0.2) is 73.6 Å². The van der Waals surface area contributed by atoms with Gasteiger partial charge in [-0.25, -0.2) is 13.8 Å². The molecule has 0 radical (unpaired) electrons. The quantitative estimate of drug-likeness (QED) is 0.197. The maximum Gasteiger partial charge on any atom is 0.208 e. The first-order chi connectivity index (χ1) is 27.0. The molecule has 0 saturated carbocycles. The lowest BCUT2D eigenvalue weighted by Crippen LogP contribution is -2.53. The Labute approximate surface area is 328 Å². The van der Waals surface area contributed by atoms with E-state index >= 15 is 0 Å². The summed E-state index contributed by atoms with van der Waals surface area (Å²) < 4.78 is 31.9. The number of benzene rings is 2. The van der Waals surface area contributed by atoms with E-state index in [0.29, 0.717) is 17.5 Å². The minimum absolute atomic E-state index is 0.216. The van der Waals surface area contributed by atoms with Gasteiger partial charge in [-0.3, -0.25) is 9.67 Å². The van der Waals surface area contributed by atoms with Gasteiger partial charge in [-0.1, -0.05) is 26.5 Å². The van der Waals surface area contributed by atoms with Gasteiger partial charge in [-0.2, -0.15) is 5.10 Å². The molecule has 9 nitrogen and oxygen atoms in total. The van der Waals surface area contributed by atoms with E-state index in [0.717, 1.165) is 142 Å². The number of nitrogens with zero attached hydrogens (tertiary/aromatic N) is 8. The Bertz CT molecular complexity index is 2290. The van der Waals surface area contributed by atoms with Gasteiger partial charge in [0.25, 0.3) is 0 Å². The Hall–Kier alpha value is -5.03. The van der Waals surface area contributed by atoms with Gasteiger partial charge in [0.2, 0.25) is 5.95 Å². The number of aryl methyl sites for hydroxylation is 2. The SMILES string of the molecule is C=C1Nc2nc3ccc(N4CC5(CCN(CC6CN(c7cc(F)cc(F)c7)C6)CC5)CC4=C)cc3n2C[C@H](C)CCCCc2c(cnn2C)-c2cc1cc(C)n2. The molecule has 3 aromatic heterocycles. The number of aromatic nitrogens is 5. The van der Waals surface area contributed by atoms with Gasteiger partial charge in [0.1, 0.15) is 11.6 Å². The van der Waals surface area contributed by atoms with Crippen molar-refractivity contribution in [2.24, 2.45) is 24.3 Å². The minimum Gasteiger partial charge on any atom is -0.371 e. The average Bonchev–Trinajstić information content (AvgIpc) is 3.79. The number of likely N-dealkylation sites (tertiary alicyclic amines) is 1. The second-order valence-corrected chi connectivity index (χ2v) is 17.2. The predicted octanol–water partition coefficient (Wildman–Crippen LogP) is 8.81. The number of anilines is 3. The van der Waals surface area contributed by atoms with Crippen LogP contribution in [0.25, 0.3) is 28.0 Å². The molecule has 292 valence electrons. The number of hydrogen-bond acceptors (Lipinski definition) is 7. The first kappa shape index (κ1) is 36.6. The van der Waals surface area contributed by atoms with Gasteiger partial charge in [0, 0.05) is 97.0 Å². The fourth-order valence-electron chi connectivity index (χ4n) is 9.74. The van der Waals surface area contributed by atoms with Gasteiger partial charge in [0.05, 0.1) is 22.9 Å². The van der Waals surface area contributed by atoms with Gasteiger partial charge >= 0.3 is 0 Å². The third-order valence-electron chi connectivity index (χ3n) is 12.9. The van der Waals surface area contributed by atoms with E-state index in [9.17, 15) is 8.78 Å². The molecular weight excluding hydrogens is 705 g/mol. The number of rotatable bonds is 4. The molecule has 2 aromatic carbocycles. The molecular formula is C45H53F2N9. The first-order valence-electron chi connectivity index (χ1n) is 20.3. The van der Waals surface area contributed by atoms with Crippen LogP contribution in [0.4, 0.5) is 26.1 Å². The molecule has 4 aliphatic heterocycles. The summed E-state index contributed by atoms with van der Waals surface area (Å²) in [5.74, 6) is 0.746. The van der Waals surface area contributed by atoms with Crippen molar-refractivity contribution in [3.63, 3.8) is 0 Å². The molecule has 3 fully saturated rings. The summed E-state index contributed by atoms with van der Waals surface area (Å²) in [5.41, 5.74) is 11.3. The van der Waals surface area contributed by atoms with E-state index < -0.39 is 11.6 Å². The molecule has 2 bridgehead atoms. The Morgan fingerprint density at radius 1 is 0.929 bits per heavy atom. The van der Waals surface area contributed by atoms with E-state index in [1.807, 2.05) is 24.9 Å². The molecule has 1 atom stereocenters. The highest BCUT2D eigenvalue weighted by molar-refractivity contribution is 5.86.